The number of carbonyl (C=O) groups is 1. The van der Waals surface area contributed by atoms with Gasteiger partial charge in [0.2, 0.25) is 15.9 Å². The number of amides is 1. The number of hydrogen-bond acceptors (Lipinski definition) is 3. The number of sulfonamides is 1. The summed E-state index contributed by atoms with van der Waals surface area (Å²) in [6.45, 7) is -0.385. The molecule has 0 N–H and O–H groups in total. The highest BCUT2D eigenvalue weighted by Gasteiger charge is 2.25. The van der Waals surface area contributed by atoms with E-state index in [2.05, 4.69) is 0 Å². The van der Waals surface area contributed by atoms with Gasteiger partial charge in [-0.05, 0) is 30.3 Å². The zero-order valence-corrected chi connectivity index (χ0v) is 15.4. The Bertz CT molecular complexity index is 842. The summed E-state index contributed by atoms with van der Waals surface area (Å²) < 4.78 is 25.2. The Balaban J connectivity index is 2.34. The molecule has 8 heteroatoms. The zero-order valence-electron chi connectivity index (χ0n) is 13.1. The molecule has 0 unspecified atom stereocenters. The van der Waals surface area contributed by atoms with Crippen LogP contribution in [0.5, 0.6) is 0 Å². The summed E-state index contributed by atoms with van der Waals surface area (Å²) in [6.07, 6.45) is 1.01. The number of halogens is 2. The average Bonchev–Trinajstić information content (AvgIpc) is 2.54. The van der Waals surface area contributed by atoms with Crippen LogP contribution in [0.15, 0.2) is 48.5 Å². The van der Waals surface area contributed by atoms with E-state index in [9.17, 15) is 13.2 Å². The molecular formula is C16H16Cl2N2O3S. The van der Waals surface area contributed by atoms with Crippen LogP contribution in [0.3, 0.4) is 0 Å². The van der Waals surface area contributed by atoms with Gasteiger partial charge >= 0.3 is 0 Å². The van der Waals surface area contributed by atoms with Crippen molar-refractivity contribution < 1.29 is 13.2 Å². The van der Waals surface area contributed by atoms with Gasteiger partial charge in [0, 0.05) is 17.8 Å². The van der Waals surface area contributed by atoms with E-state index < -0.39 is 15.9 Å². The Hall–Kier alpha value is -1.76. The summed E-state index contributed by atoms with van der Waals surface area (Å²) in [6, 6.07) is 13.4. The van der Waals surface area contributed by atoms with Crippen molar-refractivity contribution in [3.8, 4) is 0 Å². The van der Waals surface area contributed by atoms with Gasteiger partial charge in [-0.15, -0.1) is 0 Å². The van der Waals surface area contributed by atoms with Crippen molar-refractivity contribution in [2.45, 2.75) is 0 Å². The number of likely N-dealkylation sites (N-methyl/N-ethyl adjacent to an activating group) is 1. The quantitative estimate of drug-likeness (QED) is 0.790. The molecule has 24 heavy (non-hydrogen) atoms. The number of benzene rings is 2. The minimum Gasteiger partial charge on any atom is -0.314 e. The molecule has 0 fully saturated rings. The van der Waals surface area contributed by atoms with Crippen molar-refractivity contribution in [3.63, 3.8) is 0 Å². The lowest BCUT2D eigenvalue weighted by Crippen LogP contribution is -2.41. The number of rotatable bonds is 5. The largest absolute Gasteiger partial charge is 0.314 e. The molecule has 1 amide bonds. The summed E-state index contributed by atoms with van der Waals surface area (Å²) in [5.41, 5.74) is 0.828. The summed E-state index contributed by atoms with van der Waals surface area (Å²) in [4.78, 5) is 13.9. The number of para-hydroxylation sites is 1. The molecule has 0 aliphatic heterocycles. The molecule has 0 spiro atoms. The highest BCUT2D eigenvalue weighted by molar-refractivity contribution is 7.92. The molecule has 0 heterocycles. The standard InChI is InChI=1S/C16H16Cl2N2O3S/c1-19(13-6-4-3-5-7-13)16(21)11-20(24(2,22)23)15-10-12(17)8-9-14(15)18/h3-10H,11H2,1-2H3. The van der Waals surface area contributed by atoms with Gasteiger partial charge < -0.3 is 4.90 Å². The minimum absolute atomic E-state index is 0.168. The van der Waals surface area contributed by atoms with Gasteiger partial charge in [0.1, 0.15) is 6.54 Å². The molecule has 2 aromatic rings. The maximum Gasteiger partial charge on any atom is 0.247 e. The summed E-state index contributed by atoms with van der Waals surface area (Å²) in [5.74, 6) is -0.400. The highest BCUT2D eigenvalue weighted by Crippen LogP contribution is 2.30. The Morgan fingerprint density at radius 2 is 1.71 bits per heavy atom. The van der Waals surface area contributed by atoms with Crippen LogP contribution < -0.4 is 9.21 Å². The third-order valence-electron chi connectivity index (χ3n) is 3.37. The molecule has 5 nitrogen and oxygen atoms in total. The topological polar surface area (TPSA) is 57.7 Å². The van der Waals surface area contributed by atoms with Crippen molar-refractivity contribution in [1.29, 1.82) is 0 Å². The lowest BCUT2D eigenvalue weighted by Gasteiger charge is -2.26. The van der Waals surface area contributed by atoms with E-state index in [4.69, 9.17) is 23.2 Å². The van der Waals surface area contributed by atoms with E-state index in [1.165, 1.54) is 17.0 Å². The monoisotopic (exact) mass is 386 g/mol. The van der Waals surface area contributed by atoms with Crippen LogP contribution in [0.4, 0.5) is 11.4 Å². The fraction of sp³-hybridized carbons (Fsp3) is 0.188. The lowest BCUT2D eigenvalue weighted by atomic mass is 10.3. The second kappa shape index (κ2) is 7.42. The van der Waals surface area contributed by atoms with E-state index in [0.29, 0.717) is 10.7 Å². The number of nitrogens with zero attached hydrogens (tertiary/aromatic N) is 2. The van der Waals surface area contributed by atoms with Crippen molar-refractivity contribution in [1.82, 2.24) is 0 Å². The third-order valence-corrected chi connectivity index (χ3v) is 5.05. The third kappa shape index (κ3) is 4.41. The Morgan fingerprint density at radius 1 is 1.08 bits per heavy atom. The molecule has 0 aliphatic carbocycles. The number of carbonyl (C=O) groups excluding carboxylic acids is 1. The molecule has 2 aromatic carbocycles. The number of anilines is 2. The predicted molar refractivity (Wildman–Crippen MR) is 98.5 cm³/mol. The predicted octanol–water partition coefficient (Wildman–Crippen LogP) is 3.42. The smallest absolute Gasteiger partial charge is 0.247 e. The van der Waals surface area contributed by atoms with Crippen molar-refractivity contribution in [2.75, 3.05) is 29.1 Å². The fourth-order valence-corrected chi connectivity index (χ4v) is 3.37. The Morgan fingerprint density at radius 3 is 2.29 bits per heavy atom. The minimum atomic E-state index is -3.73. The maximum absolute atomic E-state index is 12.5. The summed E-state index contributed by atoms with van der Waals surface area (Å²) in [7, 11) is -2.14. The van der Waals surface area contributed by atoms with Gasteiger partial charge in [-0.1, -0.05) is 41.4 Å². The zero-order chi connectivity index (χ0) is 17.9. The maximum atomic E-state index is 12.5. The van der Waals surface area contributed by atoms with Crippen molar-refractivity contribution in [2.24, 2.45) is 0 Å². The molecule has 0 saturated carbocycles. The van der Waals surface area contributed by atoms with Crippen LogP contribution in [0.2, 0.25) is 10.0 Å². The number of hydrogen-bond donors (Lipinski definition) is 0. The van der Waals surface area contributed by atoms with Crippen LogP contribution in [-0.4, -0.2) is 34.2 Å². The van der Waals surface area contributed by atoms with Crippen molar-refractivity contribution >= 4 is 50.5 Å². The van der Waals surface area contributed by atoms with Gasteiger partial charge in [-0.25, -0.2) is 8.42 Å². The molecule has 128 valence electrons. The van der Waals surface area contributed by atoms with Crippen LogP contribution in [-0.2, 0) is 14.8 Å². The summed E-state index contributed by atoms with van der Waals surface area (Å²) >= 11 is 12.0. The highest BCUT2D eigenvalue weighted by atomic mass is 35.5. The molecule has 0 radical (unpaired) electrons. The first-order valence-electron chi connectivity index (χ1n) is 6.94. The average molecular weight is 387 g/mol. The van der Waals surface area contributed by atoms with E-state index in [-0.39, 0.29) is 17.3 Å². The second-order valence-corrected chi connectivity index (χ2v) is 7.90. The molecule has 0 atom stereocenters. The fourth-order valence-electron chi connectivity index (χ4n) is 2.08. The van der Waals surface area contributed by atoms with Gasteiger partial charge in [-0.2, -0.15) is 0 Å². The first kappa shape index (κ1) is 18.6. The van der Waals surface area contributed by atoms with E-state index in [1.54, 1.807) is 37.4 Å². The lowest BCUT2D eigenvalue weighted by molar-refractivity contribution is -0.116. The van der Waals surface area contributed by atoms with Gasteiger partial charge in [0.05, 0.1) is 17.0 Å². The van der Waals surface area contributed by atoms with Crippen LogP contribution in [0.25, 0.3) is 0 Å². The first-order valence-corrected chi connectivity index (χ1v) is 9.55. The molecule has 0 aromatic heterocycles. The Kier molecular flexibility index (Phi) is 5.74. The first-order chi connectivity index (χ1) is 11.2. The van der Waals surface area contributed by atoms with Gasteiger partial charge in [0.25, 0.3) is 0 Å². The Labute approximate surface area is 151 Å². The molecule has 0 aliphatic rings. The van der Waals surface area contributed by atoms with Crippen LogP contribution in [0, 0.1) is 0 Å². The van der Waals surface area contributed by atoms with E-state index in [1.807, 2.05) is 6.07 Å². The molecule has 2 rings (SSSR count). The second-order valence-electron chi connectivity index (χ2n) is 5.15. The summed E-state index contributed by atoms with van der Waals surface area (Å²) in [5, 5.41) is 0.520. The van der Waals surface area contributed by atoms with Gasteiger partial charge in [-0.3, -0.25) is 9.10 Å². The molecule has 0 bridgehead atoms. The van der Waals surface area contributed by atoms with E-state index in [0.717, 1.165) is 10.6 Å². The molecular weight excluding hydrogens is 371 g/mol. The molecule has 0 saturated heterocycles. The van der Waals surface area contributed by atoms with E-state index >= 15 is 0 Å². The normalized spacial score (nSPS) is 11.2. The van der Waals surface area contributed by atoms with Crippen LogP contribution in [0.1, 0.15) is 0 Å². The van der Waals surface area contributed by atoms with Crippen molar-refractivity contribution in [3.05, 3.63) is 58.6 Å². The van der Waals surface area contributed by atoms with Crippen LogP contribution >= 0.6 is 23.2 Å². The van der Waals surface area contributed by atoms with Gasteiger partial charge in [0.15, 0.2) is 0 Å². The SMILES string of the molecule is CN(C(=O)CN(c1cc(Cl)ccc1Cl)S(C)(=O)=O)c1ccccc1.